The van der Waals surface area contributed by atoms with Gasteiger partial charge in [0.2, 0.25) is 0 Å². The van der Waals surface area contributed by atoms with Gasteiger partial charge >= 0.3 is 0 Å². The quantitative estimate of drug-likeness (QED) is 0.135. The van der Waals surface area contributed by atoms with Crippen molar-refractivity contribution >= 4 is 98.0 Å². The van der Waals surface area contributed by atoms with E-state index in [1.165, 1.54) is 61.9 Å². The lowest BCUT2D eigenvalue weighted by Gasteiger charge is -2.36. The van der Waals surface area contributed by atoms with Crippen LogP contribution in [0.15, 0.2) is 34.3 Å². The van der Waals surface area contributed by atoms with Gasteiger partial charge in [0.1, 0.15) is 0 Å². The second-order valence-electron chi connectivity index (χ2n) is 13.0. The fraction of sp³-hybridized carbons (Fsp3) is 0.243. The van der Waals surface area contributed by atoms with E-state index in [-0.39, 0.29) is 16.8 Å². The fourth-order valence-electron chi connectivity index (χ4n) is 8.30. The van der Waals surface area contributed by atoms with Gasteiger partial charge in [0, 0.05) is 77.5 Å². The van der Waals surface area contributed by atoms with Crippen molar-refractivity contribution < 1.29 is 0 Å². The average Bonchev–Trinajstić information content (AvgIpc) is 3.86. The molecule has 0 unspecified atom stereocenters. The molecule has 0 aromatic carbocycles. The summed E-state index contributed by atoms with van der Waals surface area (Å²) in [5.41, 5.74) is 9.24. The summed E-state index contributed by atoms with van der Waals surface area (Å²) in [6.07, 6.45) is 1.91. The zero-order chi connectivity index (χ0) is 32.5. The third kappa shape index (κ3) is 3.56. The number of hydrogen-bond acceptors (Lipinski definition) is 8. The summed E-state index contributed by atoms with van der Waals surface area (Å²) >= 11 is 10.4. The molecule has 9 rings (SSSR count). The molecular formula is C37H22N4S6. The van der Waals surface area contributed by atoms with Crippen LogP contribution in [0.25, 0.3) is 71.6 Å². The third-order valence-corrected chi connectivity index (χ3v) is 16.4. The molecule has 0 spiro atoms. The molecule has 226 valence electrons. The molecule has 0 aliphatic heterocycles. The molecule has 0 radical (unpaired) electrons. The molecule has 0 saturated heterocycles. The van der Waals surface area contributed by atoms with Gasteiger partial charge in [-0.2, -0.15) is 0 Å². The van der Waals surface area contributed by atoms with Gasteiger partial charge in [-0.25, -0.2) is 20.2 Å². The van der Waals surface area contributed by atoms with Crippen LogP contribution in [-0.2, 0) is 5.41 Å². The van der Waals surface area contributed by atoms with Gasteiger partial charge in [0.05, 0.1) is 34.7 Å². The molecule has 0 fully saturated rings. The summed E-state index contributed by atoms with van der Waals surface area (Å²) in [7, 11) is 0. The Hall–Kier alpha value is -3.84. The van der Waals surface area contributed by atoms with Gasteiger partial charge in [0.25, 0.3) is 11.4 Å². The van der Waals surface area contributed by atoms with E-state index in [0.29, 0.717) is 11.8 Å². The molecule has 0 atom stereocenters. The number of nitrogens with zero attached hydrogens (tertiary/aromatic N) is 4. The molecule has 0 N–H and O–H groups in total. The molecule has 6 aromatic heterocycles. The maximum atomic E-state index is 10.2. The Morgan fingerprint density at radius 2 is 1.06 bits per heavy atom. The first-order valence-corrected chi connectivity index (χ1v) is 20.2. The zero-order valence-electron chi connectivity index (χ0n) is 25.6. The van der Waals surface area contributed by atoms with E-state index < -0.39 is 0 Å². The van der Waals surface area contributed by atoms with E-state index in [4.69, 9.17) is 13.1 Å². The smallest absolute Gasteiger partial charge is 0.226 e. The summed E-state index contributed by atoms with van der Waals surface area (Å²) in [4.78, 5) is 14.2. The minimum absolute atomic E-state index is 0.162. The number of nitriles is 2. The second kappa shape index (κ2) is 10.1. The van der Waals surface area contributed by atoms with Crippen LogP contribution in [0.3, 0.4) is 0 Å². The Bertz CT molecular complexity index is 2420. The van der Waals surface area contributed by atoms with Crippen LogP contribution in [0, 0.1) is 47.6 Å². The zero-order valence-corrected chi connectivity index (χ0v) is 30.5. The van der Waals surface area contributed by atoms with E-state index in [2.05, 4.69) is 72.4 Å². The first-order valence-electron chi connectivity index (χ1n) is 15.2. The normalized spacial score (nSPS) is 16.8. The van der Waals surface area contributed by atoms with E-state index in [0.717, 1.165) is 43.5 Å². The monoisotopic (exact) mass is 714 g/mol. The Balaban J connectivity index is 1.48. The second-order valence-corrected chi connectivity index (χ2v) is 19.0. The lowest BCUT2D eigenvalue weighted by atomic mass is 9.66. The van der Waals surface area contributed by atoms with Crippen LogP contribution in [-0.4, -0.2) is 0 Å². The summed E-state index contributed by atoms with van der Waals surface area (Å²) in [5, 5.41) is 24.7. The van der Waals surface area contributed by atoms with Crippen molar-refractivity contribution in [3.05, 3.63) is 87.8 Å². The largest absolute Gasteiger partial charge is 0.271 e. The first-order chi connectivity index (χ1) is 22.8. The highest BCUT2D eigenvalue weighted by atomic mass is 32.1. The number of thiophene rings is 6. The Kier molecular flexibility index (Phi) is 6.29. The van der Waals surface area contributed by atoms with E-state index in [1.54, 1.807) is 68.0 Å². The molecule has 3 aliphatic carbocycles. The van der Waals surface area contributed by atoms with Crippen molar-refractivity contribution in [1.82, 2.24) is 0 Å². The van der Waals surface area contributed by atoms with Crippen LogP contribution in [0.1, 0.15) is 71.2 Å². The van der Waals surface area contributed by atoms with Gasteiger partial charge in [0.15, 0.2) is 0 Å². The molecule has 3 aliphatic rings. The summed E-state index contributed by atoms with van der Waals surface area (Å²) < 4.78 is 4.90. The van der Waals surface area contributed by atoms with Crippen molar-refractivity contribution in [1.29, 1.82) is 10.5 Å². The predicted molar refractivity (Wildman–Crippen MR) is 201 cm³/mol. The van der Waals surface area contributed by atoms with Crippen LogP contribution in [0.5, 0.6) is 0 Å². The molecule has 0 bridgehead atoms. The minimum Gasteiger partial charge on any atom is -0.226 e. The Morgan fingerprint density at radius 1 is 0.660 bits per heavy atom. The predicted octanol–water partition coefficient (Wildman–Crippen LogP) is 13.1. The number of hydrogen-bond donors (Lipinski definition) is 0. The maximum Gasteiger partial charge on any atom is 0.271 e. The van der Waals surface area contributed by atoms with Gasteiger partial charge < -0.3 is 0 Å². The summed E-state index contributed by atoms with van der Waals surface area (Å²) in [6, 6.07) is 8.83. The van der Waals surface area contributed by atoms with Gasteiger partial charge in [-0.1, -0.05) is 27.7 Å². The molecule has 0 amide bonds. The molecule has 0 saturated carbocycles. The lowest BCUT2D eigenvalue weighted by molar-refractivity contribution is 0.339. The molecule has 4 nitrogen and oxygen atoms in total. The highest BCUT2D eigenvalue weighted by Gasteiger charge is 2.54. The van der Waals surface area contributed by atoms with Crippen molar-refractivity contribution in [2.24, 2.45) is 11.8 Å². The highest BCUT2D eigenvalue weighted by molar-refractivity contribution is 7.31. The highest BCUT2D eigenvalue weighted by Crippen LogP contribution is 2.72. The van der Waals surface area contributed by atoms with Gasteiger partial charge in [-0.05, 0) is 58.7 Å². The third-order valence-electron chi connectivity index (χ3n) is 9.40. The topological polar surface area (TPSA) is 56.3 Å². The lowest BCUT2D eigenvalue weighted by Crippen LogP contribution is -2.30. The van der Waals surface area contributed by atoms with Crippen molar-refractivity contribution in [3.63, 3.8) is 0 Å². The van der Waals surface area contributed by atoms with E-state index in [9.17, 15) is 10.5 Å². The Morgan fingerprint density at radius 3 is 1.43 bits per heavy atom. The van der Waals surface area contributed by atoms with Crippen molar-refractivity contribution in [2.45, 2.75) is 46.0 Å². The minimum atomic E-state index is -0.312. The van der Waals surface area contributed by atoms with Crippen molar-refractivity contribution in [3.8, 4) is 44.1 Å². The van der Waals surface area contributed by atoms with E-state index in [1.807, 2.05) is 0 Å². The van der Waals surface area contributed by atoms with Gasteiger partial charge in [-0.3, -0.25) is 0 Å². The van der Waals surface area contributed by atoms with E-state index >= 15 is 0 Å². The summed E-state index contributed by atoms with van der Waals surface area (Å²) in [6.45, 7) is 25.2. The SMILES string of the molecule is [C-]#[N+]/C(C#N)=C1/c2sc3c(c2-c2c1sc1ccsc21)C(CC(C)C)(CC(C)C)c1c-3sc2c1-c1c(sc3ccsc13)/C2=C(\C#N)[N+]#[C-]. The van der Waals surface area contributed by atoms with Crippen LogP contribution in [0.4, 0.5) is 0 Å². The molecule has 6 heterocycles. The maximum absolute atomic E-state index is 10.2. The average molecular weight is 715 g/mol. The number of fused-ring (bicyclic) bond motifs is 15. The fourth-order valence-corrected chi connectivity index (χ4v) is 16.3. The standard InChI is InChI=1S/C37H22N4S6/c1-15(2)11-37(12-16(3)4)27-23-25-29-19(7-9-42-29)44-33(25)21(17(13-38)40-5)31(23)46-35(27)36-28(37)24-26-30-20(8-10-43-30)45-34(26)22(32(24)47-36)18(14-39)41-6/h7-10,15-16H,11-12H2,1-4H3/b21-17-,22-18+. The van der Waals surface area contributed by atoms with Crippen LogP contribution < -0.4 is 0 Å². The molecule has 47 heavy (non-hydrogen) atoms. The van der Waals surface area contributed by atoms with Crippen molar-refractivity contribution in [2.75, 3.05) is 0 Å². The Labute approximate surface area is 296 Å². The number of allylic oxidation sites excluding steroid dienone is 2. The van der Waals surface area contributed by atoms with Crippen LogP contribution in [0.2, 0.25) is 0 Å². The summed E-state index contributed by atoms with van der Waals surface area (Å²) in [5.74, 6) is 0.796. The molecule has 6 aromatic rings. The molecule has 10 heteroatoms. The van der Waals surface area contributed by atoms with Crippen LogP contribution >= 0.6 is 68.0 Å². The first kappa shape index (κ1) is 29.3. The molecular weight excluding hydrogens is 693 g/mol. The van der Waals surface area contributed by atoms with Gasteiger partial charge in [-0.15, -0.1) is 68.0 Å². The number of rotatable bonds is 4.